The van der Waals surface area contributed by atoms with Gasteiger partial charge in [0.2, 0.25) is 0 Å². The molecule has 0 aliphatic rings. The van der Waals surface area contributed by atoms with E-state index in [-0.39, 0.29) is 17.8 Å². The summed E-state index contributed by atoms with van der Waals surface area (Å²) in [5.41, 5.74) is 5.83. The van der Waals surface area contributed by atoms with Crippen LogP contribution < -0.4 is 5.73 Å². The van der Waals surface area contributed by atoms with Crippen LogP contribution in [0.4, 0.5) is 13.2 Å². The van der Waals surface area contributed by atoms with Crippen LogP contribution >= 0.6 is 0 Å². The smallest absolute Gasteiger partial charge is 0.325 e. The van der Waals surface area contributed by atoms with Crippen molar-refractivity contribution in [2.75, 3.05) is 0 Å². The maximum absolute atomic E-state index is 12.9. The molecule has 2 aromatic rings. The second-order valence-electron chi connectivity index (χ2n) is 3.89. The molecule has 2 rings (SSSR count). The Balaban J connectivity index is 2.57. The highest BCUT2D eigenvalue weighted by Crippen LogP contribution is 2.36. The number of alkyl halides is 3. The molecule has 0 spiro atoms. The quantitative estimate of drug-likeness (QED) is 0.896. The van der Waals surface area contributed by atoms with Gasteiger partial charge in [0.15, 0.2) is 0 Å². The van der Waals surface area contributed by atoms with Gasteiger partial charge in [0.05, 0.1) is 17.0 Å². The minimum absolute atomic E-state index is 0.0697. The highest BCUT2D eigenvalue weighted by molar-refractivity contribution is 5.64. The fourth-order valence-electron chi connectivity index (χ4n) is 1.78. The van der Waals surface area contributed by atoms with Gasteiger partial charge in [0, 0.05) is 19.2 Å². The minimum atomic E-state index is -4.39. The fraction of sp³-hybridized carbons (Fsp3) is 0.250. The molecule has 0 saturated heterocycles. The van der Waals surface area contributed by atoms with E-state index in [1.807, 2.05) is 0 Å². The molecule has 1 aromatic heterocycles. The summed E-state index contributed by atoms with van der Waals surface area (Å²) in [6.07, 6.45) is -4.39. The van der Waals surface area contributed by atoms with E-state index in [9.17, 15) is 13.2 Å². The van der Waals surface area contributed by atoms with Crippen molar-refractivity contribution in [1.82, 2.24) is 9.78 Å². The summed E-state index contributed by atoms with van der Waals surface area (Å²) < 4.78 is 40.1. The summed E-state index contributed by atoms with van der Waals surface area (Å²) in [5, 5.41) is 4.06. The molecular weight excluding hydrogens is 243 g/mol. The number of hydrogen-bond donors (Lipinski definition) is 1. The van der Waals surface area contributed by atoms with E-state index < -0.39 is 11.7 Å². The second-order valence-corrected chi connectivity index (χ2v) is 3.89. The van der Waals surface area contributed by atoms with E-state index >= 15 is 0 Å². The Kier molecular flexibility index (Phi) is 3.13. The first-order valence-corrected chi connectivity index (χ1v) is 5.33. The third kappa shape index (κ3) is 2.24. The molecule has 6 heteroatoms. The lowest BCUT2D eigenvalue weighted by Gasteiger charge is -2.10. The molecular formula is C12H12F3N3. The normalized spacial score (nSPS) is 11.8. The van der Waals surface area contributed by atoms with Crippen LogP contribution in [0.15, 0.2) is 30.3 Å². The van der Waals surface area contributed by atoms with Crippen molar-refractivity contribution in [3.8, 4) is 11.3 Å². The van der Waals surface area contributed by atoms with Crippen molar-refractivity contribution in [1.29, 1.82) is 0 Å². The molecule has 0 fully saturated rings. The van der Waals surface area contributed by atoms with E-state index in [4.69, 9.17) is 5.73 Å². The number of rotatable bonds is 2. The lowest BCUT2D eigenvalue weighted by molar-refractivity contribution is -0.137. The van der Waals surface area contributed by atoms with Gasteiger partial charge in [-0.05, 0) is 12.1 Å². The van der Waals surface area contributed by atoms with Crippen LogP contribution in [0.25, 0.3) is 11.3 Å². The zero-order valence-electron chi connectivity index (χ0n) is 9.70. The van der Waals surface area contributed by atoms with E-state index in [0.29, 0.717) is 5.69 Å². The van der Waals surface area contributed by atoms with Gasteiger partial charge in [0.25, 0.3) is 0 Å². The van der Waals surface area contributed by atoms with Gasteiger partial charge in [0.1, 0.15) is 0 Å². The van der Waals surface area contributed by atoms with E-state index in [0.717, 1.165) is 6.07 Å². The lowest BCUT2D eigenvalue weighted by Crippen LogP contribution is -2.07. The molecule has 2 N–H and O–H groups in total. The molecule has 18 heavy (non-hydrogen) atoms. The standard InChI is InChI=1S/C12H12F3N3/c1-18-8(7-16)6-11(17-18)9-4-2-3-5-10(9)12(13,14)15/h2-6H,7,16H2,1H3. The molecule has 1 heterocycles. The first kappa shape index (κ1) is 12.6. The van der Waals surface area contributed by atoms with Gasteiger partial charge in [-0.15, -0.1) is 0 Å². The van der Waals surface area contributed by atoms with Crippen LogP contribution in [0.5, 0.6) is 0 Å². The zero-order chi connectivity index (χ0) is 13.3. The maximum Gasteiger partial charge on any atom is 0.417 e. The Hall–Kier alpha value is -1.82. The van der Waals surface area contributed by atoms with Crippen molar-refractivity contribution in [2.45, 2.75) is 12.7 Å². The Labute approximate surface area is 102 Å². The third-order valence-corrected chi connectivity index (χ3v) is 2.69. The molecule has 0 bridgehead atoms. The van der Waals surface area contributed by atoms with Crippen molar-refractivity contribution >= 4 is 0 Å². The van der Waals surface area contributed by atoms with Gasteiger partial charge in [-0.25, -0.2) is 0 Å². The number of aromatic nitrogens is 2. The summed E-state index contributed by atoms with van der Waals surface area (Å²) >= 11 is 0. The SMILES string of the molecule is Cn1nc(-c2ccccc2C(F)(F)F)cc1CN. The van der Waals surface area contributed by atoms with Crippen LogP contribution in [0.1, 0.15) is 11.3 Å². The number of nitrogens with zero attached hydrogens (tertiary/aromatic N) is 2. The largest absolute Gasteiger partial charge is 0.417 e. The summed E-state index contributed by atoms with van der Waals surface area (Å²) in [6, 6.07) is 6.95. The van der Waals surface area contributed by atoms with Crippen LogP contribution in [0.2, 0.25) is 0 Å². The molecule has 0 amide bonds. The molecule has 3 nitrogen and oxygen atoms in total. The number of halogens is 3. The van der Waals surface area contributed by atoms with E-state index in [1.165, 1.54) is 16.8 Å². The van der Waals surface area contributed by atoms with E-state index in [1.54, 1.807) is 19.2 Å². The van der Waals surface area contributed by atoms with Gasteiger partial charge in [-0.2, -0.15) is 18.3 Å². The van der Waals surface area contributed by atoms with Crippen LogP contribution in [0.3, 0.4) is 0 Å². The summed E-state index contributed by atoms with van der Waals surface area (Å²) in [4.78, 5) is 0. The predicted octanol–water partition coefficient (Wildman–Crippen LogP) is 2.56. The maximum atomic E-state index is 12.9. The zero-order valence-corrected chi connectivity index (χ0v) is 9.70. The third-order valence-electron chi connectivity index (χ3n) is 2.69. The lowest BCUT2D eigenvalue weighted by atomic mass is 10.0. The molecule has 0 aliphatic heterocycles. The summed E-state index contributed by atoms with van der Waals surface area (Å²) in [5.74, 6) is 0. The first-order chi connectivity index (χ1) is 8.43. The molecule has 0 radical (unpaired) electrons. The Morgan fingerprint density at radius 2 is 1.94 bits per heavy atom. The topological polar surface area (TPSA) is 43.8 Å². The van der Waals surface area contributed by atoms with Crippen LogP contribution in [0, 0.1) is 0 Å². The van der Waals surface area contributed by atoms with Gasteiger partial charge < -0.3 is 5.73 Å². The first-order valence-electron chi connectivity index (χ1n) is 5.33. The number of aryl methyl sites for hydroxylation is 1. The number of nitrogens with two attached hydrogens (primary N) is 1. The highest BCUT2D eigenvalue weighted by Gasteiger charge is 2.33. The van der Waals surface area contributed by atoms with Crippen molar-refractivity contribution < 1.29 is 13.2 Å². The minimum Gasteiger partial charge on any atom is -0.325 e. The average Bonchev–Trinajstić information content (AvgIpc) is 2.69. The Bertz CT molecular complexity index is 558. The Morgan fingerprint density at radius 3 is 2.50 bits per heavy atom. The van der Waals surface area contributed by atoms with Gasteiger partial charge >= 0.3 is 6.18 Å². The number of hydrogen-bond acceptors (Lipinski definition) is 2. The molecule has 0 saturated carbocycles. The molecule has 0 unspecified atom stereocenters. The van der Waals surface area contributed by atoms with Crippen LogP contribution in [-0.2, 0) is 19.8 Å². The molecule has 0 aliphatic carbocycles. The fourth-order valence-corrected chi connectivity index (χ4v) is 1.78. The molecule has 0 atom stereocenters. The molecule has 1 aromatic carbocycles. The molecule has 96 valence electrons. The van der Waals surface area contributed by atoms with Crippen molar-refractivity contribution in [3.63, 3.8) is 0 Å². The monoisotopic (exact) mass is 255 g/mol. The number of benzene rings is 1. The predicted molar refractivity (Wildman–Crippen MR) is 61.5 cm³/mol. The van der Waals surface area contributed by atoms with Crippen molar-refractivity contribution in [3.05, 3.63) is 41.6 Å². The Morgan fingerprint density at radius 1 is 1.28 bits per heavy atom. The van der Waals surface area contributed by atoms with Gasteiger partial charge in [-0.3, -0.25) is 4.68 Å². The second kappa shape index (κ2) is 4.45. The van der Waals surface area contributed by atoms with Gasteiger partial charge in [-0.1, -0.05) is 18.2 Å². The van der Waals surface area contributed by atoms with E-state index in [2.05, 4.69) is 5.10 Å². The summed E-state index contributed by atoms with van der Waals surface area (Å²) in [7, 11) is 1.65. The summed E-state index contributed by atoms with van der Waals surface area (Å²) in [6.45, 7) is 0.234. The van der Waals surface area contributed by atoms with Crippen LogP contribution in [-0.4, -0.2) is 9.78 Å². The van der Waals surface area contributed by atoms with Crippen molar-refractivity contribution in [2.24, 2.45) is 12.8 Å². The average molecular weight is 255 g/mol. The highest BCUT2D eigenvalue weighted by atomic mass is 19.4.